The van der Waals surface area contributed by atoms with Crippen LogP contribution >= 0.6 is 0 Å². The van der Waals surface area contributed by atoms with E-state index in [4.69, 9.17) is 5.11 Å². The highest BCUT2D eigenvalue weighted by atomic mass is 16.3. The third kappa shape index (κ3) is 2.01. The number of nitrogens with zero attached hydrogens (tertiary/aromatic N) is 1. The Morgan fingerprint density at radius 1 is 1.10 bits per heavy atom. The van der Waals surface area contributed by atoms with Crippen molar-refractivity contribution in [1.82, 2.24) is 10.2 Å². The Hall–Kier alpha value is -2.75. The fraction of sp³-hybridized carbons (Fsp3) is 0.0625. The van der Waals surface area contributed by atoms with Gasteiger partial charge in [-0.05, 0) is 18.6 Å². The summed E-state index contributed by atoms with van der Waals surface area (Å²) in [7, 11) is 0. The van der Waals surface area contributed by atoms with Gasteiger partial charge in [0.25, 0.3) is 5.75 Å². The molecule has 1 aromatic heterocycles. The number of aromatic amines is 1. The number of rotatable bonds is 2. The highest BCUT2D eigenvalue weighted by Gasteiger charge is 2.17. The average Bonchev–Trinajstić information content (AvgIpc) is 2.81. The third-order valence-corrected chi connectivity index (χ3v) is 3.26. The molecule has 20 heavy (non-hydrogen) atoms. The summed E-state index contributed by atoms with van der Waals surface area (Å²) in [6.45, 7) is 1.95. The number of phenols is 1. The molecule has 4 nitrogen and oxygen atoms in total. The van der Waals surface area contributed by atoms with Gasteiger partial charge in [0, 0.05) is 22.9 Å². The zero-order valence-corrected chi connectivity index (χ0v) is 11.0. The van der Waals surface area contributed by atoms with Gasteiger partial charge in [0.15, 0.2) is 0 Å². The van der Waals surface area contributed by atoms with Crippen molar-refractivity contribution in [3.63, 3.8) is 0 Å². The van der Waals surface area contributed by atoms with E-state index in [1.807, 2.05) is 37.3 Å². The van der Waals surface area contributed by atoms with Gasteiger partial charge < -0.3 is 10.2 Å². The first-order valence-electron chi connectivity index (χ1n) is 6.32. The van der Waals surface area contributed by atoms with Gasteiger partial charge in [0.2, 0.25) is 0 Å². The Kier molecular flexibility index (Phi) is 2.91. The van der Waals surface area contributed by atoms with E-state index >= 15 is 0 Å². The summed E-state index contributed by atoms with van der Waals surface area (Å²) in [6.07, 6.45) is 0. The first kappa shape index (κ1) is 12.3. The van der Waals surface area contributed by atoms with Crippen molar-refractivity contribution in [2.75, 3.05) is 0 Å². The van der Waals surface area contributed by atoms with Gasteiger partial charge in [-0.15, -0.1) is 0 Å². The van der Waals surface area contributed by atoms with E-state index in [1.54, 1.807) is 12.1 Å². The number of nitrogens with one attached hydrogen (secondary N) is 1. The molecular weight excluding hydrogens is 252 g/mol. The van der Waals surface area contributed by atoms with Crippen LogP contribution in [0.3, 0.4) is 0 Å². The number of hydrogen-bond donors (Lipinski definition) is 2. The van der Waals surface area contributed by atoms with Gasteiger partial charge in [0.1, 0.15) is 11.4 Å². The van der Waals surface area contributed by atoms with Crippen LogP contribution in [0.4, 0.5) is 0 Å². The quantitative estimate of drug-likeness (QED) is 0.700. The number of H-pyrrole nitrogens is 1. The molecule has 0 saturated carbocycles. The molecule has 0 aliphatic rings. The molecule has 4 N–H and O–H groups in total. The topological polar surface area (TPSA) is 71.8 Å². The predicted molar refractivity (Wildman–Crippen MR) is 78.9 cm³/mol. The van der Waals surface area contributed by atoms with Crippen LogP contribution in [-0.2, 0) is 0 Å². The second-order valence-corrected chi connectivity index (χ2v) is 4.67. The summed E-state index contributed by atoms with van der Waals surface area (Å²) in [5.41, 5.74) is 4.29. The summed E-state index contributed by atoms with van der Waals surface area (Å²) in [4.78, 5) is 0. The van der Waals surface area contributed by atoms with Crippen LogP contribution in [0.2, 0.25) is 0 Å². The van der Waals surface area contributed by atoms with Crippen molar-refractivity contribution in [2.45, 2.75) is 6.92 Å². The van der Waals surface area contributed by atoms with E-state index < -0.39 is 0 Å². The molecule has 0 unspecified atom stereocenters. The Labute approximate surface area is 116 Å². The monoisotopic (exact) mass is 267 g/mol. The lowest BCUT2D eigenvalue weighted by molar-refractivity contribution is 0.452. The van der Waals surface area contributed by atoms with Crippen molar-refractivity contribution in [2.24, 2.45) is 0 Å². The number of phenolic OH excluding ortho intramolecular Hbond substituents is 1. The maximum absolute atomic E-state index is 10.1. The van der Waals surface area contributed by atoms with Gasteiger partial charge in [-0.25, -0.2) is 0 Å². The molecule has 4 heteroatoms. The Morgan fingerprint density at radius 2 is 1.85 bits per heavy atom. The van der Waals surface area contributed by atoms with Crippen molar-refractivity contribution in [3.8, 4) is 33.9 Å². The molecule has 1 heterocycles. The highest BCUT2D eigenvalue weighted by molar-refractivity contribution is 5.85. The third-order valence-electron chi connectivity index (χ3n) is 3.26. The van der Waals surface area contributed by atoms with Gasteiger partial charge in [0.05, 0.1) is 6.07 Å². The number of aromatic nitrogens is 2. The van der Waals surface area contributed by atoms with Gasteiger partial charge in [-0.3, -0.25) is 5.10 Å². The summed E-state index contributed by atoms with van der Waals surface area (Å²) >= 11 is 0. The van der Waals surface area contributed by atoms with E-state index in [0.29, 0.717) is 11.3 Å². The molecule has 0 spiro atoms. The SMILES string of the molecule is Cc1[nH]nc(-c2ccc([OH2+])cc2O)c1-c1ccccc1. The number of aryl methyl sites for hydroxylation is 1. The standard InChI is InChI=1S/C16H14N2O2/c1-10-15(11-5-3-2-4-6-11)16(18-17-10)13-8-7-12(19)9-14(13)20/h2-9,19-20H,1H3,(H,17,18)/p+1. The second kappa shape index (κ2) is 4.74. The molecular formula is C16H15N2O2+. The average molecular weight is 267 g/mol. The maximum atomic E-state index is 10.1. The van der Waals surface area contributed by atoms with E-state index in [1.165, 1.54) is 6.07 Å². The molecule has 3 aromatic rings. The number of hydrogen-bond acceptors (Lipinski definition) is 2. The molecule has 2 aromatic carbocycles. The lowest BCUT2D eigenvalue weighted by atomic mass is 9.99. The lowest BCUT2D eigenvalue weighted by Crippen LogP contribution is -1.85. The highest BCUT2D eigenvalue weighted by Crippen LogP contribution is 2.38. The second-order valence-electron chi connectivity index (χ2n) is 4.67. The minimum atomic E-state index is 0.0705. The van der Waals surface area contributed by atoms with Crippen LogP contribution in [0.1, 0.15) is 5.69 Å². The zero-order chi connectivity index (χ0) is 14.1. The van der Waals surface area contributed by atoms with Crippen molar-refractivity contribution < 1.29 is 10.2 Å². The van der Waals surface area contributed by atoms with Crippen LogP contribution < -0.4 is 0 Å². The normalized spacial score (nSPS) is 10.7. The van der Waals surface area contributed by atoms with Crippen LogP contribution in [0.5, 0.6) is 11.5 Å². The Morgan fingerprint density at radius 3 is 2.55 bits per heavy atom. The largest absolute Gasteiger partial charge is 0.593 e. The van der Waals surface area contributed by atoms with Gasteiger partial charge in [-0.1, -0.05) is 30.3 Å². The molecule has 0 saturated heterocycles. The molecule has 3 rings (SSSR count). The van der Waals surface area contributed by atoms with Crippen LogP contribution in [0.25, 0.3) is 22.4 Å². The molecule has 0 amide bonds. The van der Waals surface area contributed by atoms with E-state index in [0.717, 1.165) is 16.8 Å². The van der Waals surface area contributed by atoms with E-state index in [9.17, 15) is 5.11 Å². The molecule has 0 fully saturated rings. The molecule has 0 aliphatic carbocycles. The van der Waals surface area contributed by atoms with E-state index in [-0.39, 0.29) is 11.5 Å². The molecule has 0 bridgehead atoms. The summed E-state index contributed by atoms with van der Waals surface area (Å²) < 4.78 is 0. The van der Waals surface area contributed by atoms with E-state index in [2.05, 4.69) is 10.2 Å². The predicted octanol–water partition coefficient (Wildman–Crippen LogP) is 3.20. The minimum Gasteiger partial charge on any atom is -0.593 e. The summed E-state index contributed by atoms with van der Waals surface area (Å²) in [5, 5.41) is 24.9. The van der Waals surface area contributed by atoms with Crippen molar-refractivity contribution in [3.05, 3.63) is 54.2 Å². The molecule has 0 aliphatic heterocycles. The van der Waals surface area contributed by atoms with Crippen LogP contribution in [0, 0.1) is 6.92 Å². The Bertz CT molecular complexity index is 748. The first-order chi connectivity index (χ1) is 9.66. The van der Waals surface area contributed by atoms with Gasteiger partial charge in [-0.2, -0.15) is 5.10 Å². The fourth-order valence-electron chi connectivity index (χ4n) is 2.31. The number of benzene rings is 2. The summed E-state index contributed by atoms with van der Waals surface area (Å²) in [6, 6.07) is 14.7. The number of aromatic hydroxyl groups is 1. The zero-order valence-electron chi connectivity index (χ0n) is 11.0. The Balaban J connectivity index is 2.21. The molecule has 100 valence electrons. The molecule has 0 radical (unpaired) electrons. The molecule has 0 atom stereocenters. The van der Waals surface area contributed by atoms with Crippen LogP contribution in [-0.4, -0.2) is 20.4 Å². The first-order valence-corrected chi connectivity index (χ1v) is 6.32. The van der Waals surface area contributed by atoms with Gasteiger partial charge >= 0.3 is 0 Å². The smallest absolute Gasteiger partial charge is 0.257 e. The fourth-order valence-corrected chi connectivity index (χ4v) is 2.31. The van der Waals surface area contributed by atoms with Crippen LogP contribution in [0.15, 0.2) is 48.5 Å². The van der Waals surface area contributed by atoms with Crippen molar-refractivity contribution in [1.29, 1.82) is 0 Å². The van der Waals surface area contributed by atoms with Crippen molar-refractivity contribution >= 4 is 0 Å². The lowest BCUT2D eigenvalue weighted by Gasteiger charge is -2.06. The maximum Gasteiger partial charge on any atom is 0.257 e. The summed E-state index contributed by atoms with van der Waals surface area (Å²) in [5.74, 6) is 0.348. The minimum absolute atomic E-state index is 0.0705.